The van der Waals surface area contributed by atoms with E-state index in [0.29, 0.717) is 0 Å². The van der Waals surface area contributed by atoms with Crippen molar-refractivity contribution >= 4 is 68.0 Å². The maximum atomic E-state index is 13.0. The zero-order valence-electron chi connectivity index (χ0n) is 20.6. The lowest BCUT2D eigenvalue weighted by molar-refractivity contribution is -0.117. The maximum Gasteiger partial charge on any atom is 0.338 e. The normalized spacial score (nSPS) is 15.3. The molecule has 0 amide bonds. The summed E-state index contributed by atoms with van der Waals surface area (Å²) in [7, 11) is -2.37. The molecule has 0 spiro atoms. The van der Waals surface area contributed by atoms with Gasteiger partial charge in [-0.3, -0.25) is 9.52 Å². The summed E-state index contributed by atoms with van der Waals surface area (Å²) in [4.78, 5) is 27.0. The Kier molecular flexibility index (Phi) is 7.81. The van der Waals surface area contributed by atoms with E-state index in [9.17, 15) is 18.0 Å². The smallest absolute Gasteiger partial charge is 0.338 e. The van der Waals surface area contributed by atoms with Gasteiger partial charge in [0.05, 0.1) is 21.3 Å². The van der Waals surface area contributed by atoms with Gasteiger partial charge in [-0.1, -0.05) is 66.8 Å². The summed E-state index contributed by atoms with van der Waals surface area (Å²) in [6, 6.07) is 15.8. The number of ketones is 1. The molecule has 0 aliphatic carbocycles. The van der Waals surface area contributed by atoms with E-state index in [-0.39, 0.29) is 31.2 Å². The van der Waals surface area contributed by atoms with Crippen LogP contribution in [0, 0.1) is 0 Å². The van der Waals surface area contributed by atoms with Gasteiger partial charge >= 0.3 is 5.97 Å². The first kappa shape index (κ1) is 28.0. The van der Waals surface area contributed by atoms with Gasteiger partial charge in [0.2, 0.25) is 0 Å². The van der Waals surface area contributed by atoms with Crippen molar-refractivity contribution in [1.29, 1.82) is 0 Å². The molecule has 0 saturated carbocycles. The van der Waals surface area contributed by atoms with E-state index in [1.165, 1.54) is 36.4 Å². The molecule has 0 fully saturated rings. The molecule has 7 nitrogen and oxygen atoms in total. The molecule has 38 heavy (non-hydrogen) atoms. The van der Waals surface area contributed by atoms with Gasteiger partial charge in [-0.25, -0.2) is 13.2 Å². The molecule has 1 heterocycles. The number of allylic oxidation sites excluding steroid dienone is 1. The van der Waals surface area contributed by atoms with Crippen LogP contribution in [0.15, 0.2) is 77.3 Å². The van der Waals surface area contributed by atoms with E-state index in [2.05, 4.69) is 4.72 Å². The summed E-state index contributed by atoms with van der Waals surface area (Å²) in [6.45, 7) is 3.51. The average molecular weight is 594 g/mol. The molecule has 0 bridgehead atoms. The highest BCUT2D eigenvalue weighted by molar-refractivity contribution is 7.92. The van der Waals surface area contributed by atoms with Crippen molar-refractivity contribution < 1.29 is 22.7 Å². The number of para-hydroxylation sites is 1. The first-order chi connectivity index (χ1) is 17.8. The topological polar surface area (TPSA) is 92.8 Å². The number of esters is 1. The molecule has 4 rings (SSSR count). The molecular weight excluding hydrogens is 571 g/mol. The predicted octanol–water partition coefficient (Wildman–Crippen LogP) is 6.49. The van der Waals surface area contributed by atoms with E-state index in [0.717, 1.165) is 23.0 Å². The highest BCUT2D eigenvalue weighted by Crippen LogP contribution is 2.46. The fourth-order valence-electron chi connectivity index (χ4n) is 4.28. The van der Waals surface area contributed by atoms with Crippen LogP contribution in [-0.4, -0.2) is 33.8 Å². The van der Waals surface area contributed by atoms with Gasteiger partial charge in [-0.15, -0.1) is 0 Å². The van der Waals surface area contributed by atoms with Crippen LogP contribution >= 0.6 is 34.8 Å². The summed E-state index contributed by atoms with van der Waals surface area (Å²) in [5.41, 5.74) is 2.38. The lowest BCUT2D eigenvalue weighted by Crippen LogP contribution is -2.25. The third-order valence-corrected chi connectivity index (χ3v) is 8.62. The Balaban J connectivity index is 1.49. The summed E-state index contributed by atoms with van der Waals surface area (Å²) < 4.78 is 33.5. The molecule has 198 valence electrons. The van der Waals surface area contributed by atoms with Gasteiger partial charge in [0.25, 0.3) is 10.0 Å². The summed E-state index contributed by atoms with van der Waals surface area (Å²) in [5.74, 6) is -1.30. The minimum absolute atomic E-state index is 0.0452. The zero-order chi connectivity index (χ0) is 27.8. The van der Waals surface area contributed by atoms with Crippen LogP contribution in [0.5, 0.6) is 0 Å². The van der Waals surface area contributed by atoms with Gasteiger partial charge in [0, 0.05) is 34.9 Å². The molecular formula is C27H23Cl3N2O5S. The molecule has 0 aromatic heterocycles. The molecule has 0 atom stereocenters. The fraction of sp³-hybridized carbons (Fsp3) is 0.185. The van der Waals surface area contributed by atoms with Crippen molar-refractivity contribution in [3.05, 3.63) is 98.6 Å². The largest absolute Gasteiger partial charge is 0.454 e. The zero-order valence-corrected chi connectivity index (χ0v) is 23.7. The Hall–Kier alpha value is -3.04. The second-order valence-electron chi connectivity index (χ2n) is 9.15. The minimum atomic E-state index is -4.25. The quantitative estimate of drug-likeness (QED) is 0.249. The third kappa shape index (κ3) is 5.54. The number of carbonyl (C=O) groups excluding carboxylic acids is 2. The lowest BCUT2D eigenvalue weighted by atomic mass is 9.83. The second-order valence-corrected chi connectivity index (χ2v) is 12.0. The number of nitrogens with one attached hydrogen (secondary N) is 1. The van der Waals surface area contributed by atoms with Crippen LogP contribution in [0.25, 0.3) is 0 Å². The highest BCUT2D eigenvalue weighted by Gasteiger charge is 2.38. The molecule has 3 aromatic rings. The van der Waals surface area contributed by atoms with Crippen molar-refractivity contribution in [3.63, 3.8) is 0 Å². The van der Waals surface area contributed by atoms with E-state index < -0.39 is 33.8 Å². The Bertz CT molecular complexity index is 1590. The molecule has 1 aliphatic heterocycles. The van der Waals surface area contributed by atoms with Gasteiger partial charge in [0.1, 0.15) is 4.90 Å². The maximum absolute atomic E-state index is 13.0. The molecule has 1 N–H and O–H groups in total. The molecule has 0 unspecified atom stereocenters. The predicted molar refractivity (Wildman–Crippen MR) is 150 cm³/mol. The number of carbonyl (C=O) groups is 2. The Morgan fingerprint density at radius 3 is 2.39 bits per heavy atom. The van der Waals surface area contributed by atoms with Gasteiger partial charge in [0.15, 0.2) is 12.4 Å². The third-order valence-electron chi connectivity index (χ3n) is 6.21. The SMILES string of the molecule is CN1C(=CC(=O)COC(=O)c2ccc(Cl)c(S(=O)(=O)Nc3cc(Cl)ccc3Cl)c2)C(C)(C)c2ccccc21. The van der Waals surface area contributed by atoms with Crippen LogP contribution in [-0.2, 0) is 25.0 Å². The number of hydrogen-bond donors (Lipinski definition) is 1. The van der Waals surface area contributed by atoms with Crippen molar-refractivity contribution in [2.75, 3.05) is 23.3 Å². The van der Waals surface area contributed by atoms with Crippen LogP contribution in [0.3, 0.4) is 0 Å². The summed E-state index contributed by atoms with van der Waals surface area (Å²) >= 11 is 18.1. The van der Waals surface area contributed by atoms with Crippen molar-refractivity contribution in [1.82, 2.24) is 0 Å². The Morgan fingerprint density at radius 1 is 1.00 bits per heavy atom. The number of ether oxygens (including phenoxy) is 1. The van der Waals surface area contributed by atoms with Gasteiger partial charge in [-0.05, 0) is 48.0 Å². The number of sulfonamides is 1. The Morgan fingerprint density at radius 2 is 1.68 bits per heavy atom. The molecule has 3 aromatic carbocycles. The number of fused-ring (bicyclic) bond motifs is 1. The minimum Gasteiger partial charge on any atom is -0.454 e. The number of anilines is 2. The van der Waals surface area contributed by atoms with E-state index >= 15 is 0 Å². The van der Waals surface area contributed by atoms with Gasteiger partial charge in [-0.2, -0.15) is 0 Å². The van der Waals surface area contributed by atoms with Crippen LogP contribution in [0.1, 0.15) is 29.8 Å². The first-order valence-electron chi connectivity index (χ1n) is 11.3. The molecule has 11 heteroatoms. The van der Waals surface area contributed by atoms with Gasteiger partial charge < -0.3 is 9.64 Å². The fourth-order valence-corrected chi connectivity index (χ4v) is 6.28. The number of halogens is 3. The van der Waals surface area contributed by atoms with Crippen LogP contribution in [0.4, 0.5) is 11.4 Å². The number of likely N-dealkylation sites (N-methyl/N-ethyl adjacent to an activating group) is 1. The monoisotopic (exact) mass is 592 g/mol. The summed E-state index contributed by atoms with van der Waals surface area (Å²) in [6.07, 6.45) is 1.46. The number of rotatable bonds is 7. The van der Waals surface area contributed by atoms with E-state index in [1.807, 2.05) is 50.1 Å². The second kappa shape index (κ2) is 10.6. The number of nitrogens with zero attached hydrogens (tertiary/aromatic N) is 1. The number of benzene rings is 3. The van der Waals surface area contributed by atoms with Crippen molar-refractivity contribution in [3.8, 4) is 0 Å². The van der Waals surface area contributed by atoms with Crippen LogP contribution in [0.2, 0.25) is 15.1 Å². The van der Waals surface area contributed by atoms with E-state index in [4.69, 9.17) is 39.5 Å². The summed E-state index contributed by atoms with van der Waals surface area (Å²) in [5, 5.41) is 0.266. The van der Waals surface area contributed by atoms with Crippen molar-refractivity contribution in [2.24, 2.45) is 0 Å². The standard InChI is InChI=1S/C27H23Cl3N2O5S/c1-27(2)19-6-4-5-7-23(19)32(3)25(27)14-18(33)15-37-26(34)16-8-10-21(30)24(12-16)38(35,36)31-22-13-17(28)9-11-20(22)29/h4-14,31H,15H2,1-3H3. The molecule has 1 aliphatic rings. The highest BCUT2D eigenvalue weighted by atomic mass is 35.5. The van der Waals surface area contributed by atoms with E-state index in [1.54, 1.807) is 0 Å². The lowest BCUT2D eigenvalue weighted by Gasteiger charge is -2.23. The van der Waals surface area contributed by atoms with Crippen molar-refractivity contribution in [2.45, 2.75) is 24.2 Å². The number of hydrogen-bond acceptors (Lipinski definition) is 6. The molecule has 0 saturated heterocycles. The Labute approximate surface area is 236 Å². The van der Waals surface area contributed by atoms with Crippen LogP contribution < -0.4 is 9.62 Å². The molecule has 0 radical (unpaired) electrons. The average Bonchev–Trinajstić information content (AvgIpc) is 3.05. The first-order valence-corrected chi connectivity index (χ1v) is 14.0.